The molecule has 2 heterocycles. The number of halogens is 1. The van der Waals surface area contributed by atoms with Gasteiger partial charge in [0.2, 0.25) is 5.88 Å². The Morgan fingerprint density at radius 3 is 2.56 bits per heavy atom. The van der Waals surface area contributed by atoms with E-state index in [1.807, 2.05) is 0 Å². The van der Waals surface area contributed by atoms with Gasteiger partial charge in [-0.05, 0) is 31.2 Å². The van der Waals surface area contributed by atoms with Crippen LogP contribution in [-0.4, -0.2) is 53.7 Å². The number of piperazine rings is 1. The van der Waals surface area contributed by atoms with Crippen LogP contribution < -0.4 is 9.64 Å². The molecule has 25 heavy (non-hydrogen) atoms. The Balaban J connectivity index is 1.62. The first kappa shape index (κ1) is 17.3. The standard InChI is InChI=1S/C17H19ClN4O3/c1-2-24-17(23)22-9-7-21(8-10-22)15-11-16(20-12-19-15)25-14-5-3-13(18)4-6-14/h3-6,11-12H,2,7-10H2,1H3. The molecular weight excluding hydrogens is 344 g/mol. The number of nitrogens with zero attached hydrogens (tertiary/aromatic N) is 4. The van der Waals surface area contributed by atoms with Crippen LogP contribution in [0.15, 0.2) is 36.7 Å². The summed E-state index contributed by atoms with van der Waals surface area (Å²) in [6.07, 6.45) is 1.20. The maximum absolute atomic E-state index is 11.8. The number of ether oxygens (including phenoxy) is 2. The van der Waals surface area contributed by atoms with Crippen LogP contribution in [-0.2, 0) is 4.74 Å². The number of anilines is 1. The van der Waals surface area contributed by atoms with Crippen molar-refractivity contribution in [2.45, 2.75) is 6.92 Å². The van der Waals surface area contributed by atoms with Gasteiger partial charge in [-0.1, -0.05) is 11.6 Å². The second-order valence-electron chi connectivity index (χ2n) is 5.44. The van der Waals surface area contributed by atoms with Crippen molar-refractivity contribution < 1.29 is 14.3 Å². The van der Waals surface area contributed by atoms with Gasteiger partial charge in [0.05, 0.1) is 6.61 Å². The molecule has 1 aliphatic rings. The number of hydrogen-bond donors (Lipinski definition) is 0. The maximum Gasteiger partial charge on any atom is 0.409 e. The normalized spacial score (nSPS) is 14.3. The van der Waals surface area contributed by atoms with Gasteiger partial charge in [-0.3, -0.25) is 0 Å². The third kappa shape index (κ3) is 4.51. The highest BCUT2D eigenvalue weighted by Gasteiger charge is 2.23. The van der Waals surface area contributed by atoms with Gasteiger partial charge in [-0.15, -0.1) is 0 Å². The summed E-state index contributed by atoms with van der Waals surface area (Å²) in [6, 6.07) is 8.86. The van der Waals surface area contributed by atoms with E-state index in [0.29, 0.717) is 49.4 Å². The smallest absolute Gasteiger partial charge is 0.409 e. The second-order valence-corrected chi connectivity index (χ2v) is 5.88. The van der Waals surface area contributed by atoms with E-state index in [1.54, 1.807) is 42.2 Å². The zero-order chi connectivity index (χ0) is 17.6. The molecule has 0 saturated carbocycles. The van der Waals surface area contributed by atoms with E-state index in [2.05, 4.69) is 14.9 Å². The number of carbonyl (C=O) groups is 1. The molecule has 132 valence electrons. The average molecular weight is 363 g/mol. The fourth-order valence-corrected chi connectivity index (χ4v) is 2.64. The van der Waals surface area contributed by atoms with E-state index in [4.69, 9.17) is 21.1 Å². The van der Waals surface area contributed by atoms with Crippen molar-refractivity contribution >= 4 is 23.5 Å². The lowest BCUT2D eigenvalue weighted by Gasteiger charge is -2.34. The first-order valence-electron chi connectivity index (χ1n) is 8.08. The number of amides is 1. The molecule has 0 N–H and O–H groups in total. The molecule has 1 aromatic carbocycles. The highest BCUT2D eigenvalue weighted by molar-refractivity contribution is 6.30. The highest BCUT2D eigenvalue weighted by atomic mass is 35.5. The van der Waals surface area contributed by atoms with Gasteiger partial charge < -0.3 is 19.3 Å². The molecule has 0 atom stereocenters. The highest BCUT2D eigenvalue weighted by Crippen LogP contribution is 2.24. The summed E-state index contributed by atoms with van der Waals surface area (Å²) in [7, 11) is 0. The van der Waals surface area contributed by atoms with Crippen LogP contribution in [0.5, 0.6) is 11.6 Å². The van der Waals surface area contributed by atoms with Crippen molar-refractivity contribution in [1.82, 2.24) is 14.9 Å². The molecule has 0 radical (unpaired) electrons. The van der Waals surface area contributed by atoms with Crippen molar-refractivity contribution in [3.63, 3.8) is 0 Å². The summed E-state index contributed by atoms with van der Waals surface area (Å²) in [5.74, 6) is 1.88. The van der Waals surface area contributed by atoms with Crippen LogP contribution in [0.3, 0.4) is 0 Å². The first-order valence-corrected chi connectivity index (χ1v) is 8.45. The number of hydrogen-bond acceptors (Lipinski definition) is 6. The molecule has 2 aromatic rings. The zero-order valence-electron chi connectivity index (χ0n) is 13.9. The number of carbonyl (C=O) groups excluding carboxylic acids is 1. The zero-order valence-corrected chi connectivity index (χ0v) is 14.6. The van der Waals surface area contributed by atoms with Gasteiger partial charge in [-0.2, -0.15) is 0 Å². The summed E-state index contributed by atoms with van der Waals surface area (Å²) in [5.41, 5.74) is 0. The van der Waals surface area contributed by atoms with Gasteiger partial charge >= 0.3 is 6.09 Å². The lowest BCUT2D eigenvalue weighted by atomic mass is 10.3. The van der Waals surface area contributed by atoms with Crippen LogP contribution >= 0.6 is 11.6 Å². The fraction of sp³-hybridized carbons (Fsp3) is 0.353. The Bertz CT molecular complexity index is 718. The molecule has 0 unspecified atom stereocenters. The minimum absolute atomic E-state index is 0.267. The lowest BCUT2D eigenvalue weighted by Crippen LogP contribution is -2.49. The number of aromatic nitrogens is 2. The number of rotatable bonds is 4. The number of benzene rings is 1. The molecule has 0 aliphatic carbocycles. The van der Waals surface area contributed by atoms with E-state index in [1.165, 1.54) is 6.33 Å². The van der Waals surface area contributed by atoms with E-state index < -0.39 is 0 Å². The minimum Gasteiger partial charge on any atom is -0.450 e. The molecule has 1 aromatic heterocycles. The van der Waals surface area contributed by atoms with E-state index in [0.717, 1.165) is 5.82 Å². The maximum atomic E-state index is 11.8. The van der Waals surface area contributed by atoms with Crippen molar-refractivity contribution in [3.05, 3.63) is 41.7 Å². The van der Waals surface area contributed by atoms with E-state index in [-0.39, 0.29) is 6.09 Å². The molecule has 1 saturated heterocycles. The molecular formula is C17H19ClN4O3. The SMILES string of the molecule is CCOC(=O)N1CCN(c2cc(Oc3ccc(Cl)cc3)ncn2)CC1. The molecule has 1 amide bonds. The lowest BCUT2D eigenvalue weighted by molar-refractivity contribution is 0.105. The molecule has 1 aliphatic heterocycles. The van der Waals surface area contributed by atoms with Gasteiger partial charge in [0.15, 0.2) is 0 Å². The third-order valence-corrected chi connectivity index (χ3v) is 4.05. The van der Waals surface area contributed by atoms with Crippen molar-refractivity contribution in [2.75, 3.05) is 37.7 Å². The average Bonchev–Trinajstić information content (AvgIpc) is 2.64. The predicted octanol–water partition coefficient (Wildman–Crippen LogP) is 3.20. The molecule has 3 rings (SSSR count). The Hall–Kier alpha value is -2.54. The first-order chi connectivity index (χ1) is 12.2. The van der Waals surface area contributed by atoms with Crippen LogP contribution in [0.1, 0.15) is 6.92 Å². The second kappa shape index (κ2) is 8.02. The molecule has 8 heteroatoms. The van der Waals surface area contributed by atoms with Crippen LogP contribution in [0.25, 0.3) is 0 Å². The van der Waals surface area contributed by atoms with E-state index in [9.17, 15) is 4.79 Å². The van der Waals surface area contributed by atoms with Gasteiger partial charge in [0, 0.05) is 37.3 Å². The summed E-state index contributed by atoms with van der Waals surface area (Å²) in [5, 5.41) is 0.648. The largest absolute Gasteiger partial charge is 0.450 e. The molecule has 7 nitrogen and oxygen atoms in total. The quantitative estimate of drug-likeness (QED) is 0.832. The van der Waals surface area contributed by atoms with Gasteiger partial charge in [0.1, 0.15) is 17.9 Å². The Morgan fingerprint density at radius 2 is 1.88 bits per heavy atom. The van der Waals surface area contributed by atoms with Crippen LogP contribution in [0.4, 0.5) is 10.6 Å². The van der Waals surface area contributed by atoms with Crippen LogP contribution in [0.2, 0.25) is 5.02 Å². The van der Waals surface area contributed by atoms with Crippen molar-refractivity contribution in [2.24, 2.45) is 0 Å². The Labute approximate surface area is 151 Å². The fourth-order valence-electron chi connectivity index (χ4n) is 2.51. The topological polar surface area (TPSA) is 67.8 Å². The third-order valence-electron chi connectivity index (χ3n) is 3.79. The molecule has 0 spiro atoms. The molecule has 1 fully saturated rings. The Morgan fingerprint density at radius 1 is 1.16 bits per heavy atom. The van der Waals surface area contributed by atoms with E-state index >= 15 is 0 Å². The van der Waals surface area contributed by atoms with Crippen molar-refractivity contribution in [3.8, 4) is 11.6 Å². The monoisotopic (exact) mass is 362 g/mol. The van der Waals surface area contributed by atoms with Gasteiger partial charge in [-0.25, -0.2) is 14.8 Å². The van der Waals surface area contributed by atoms with Crippen LogP contribution in [0, 0.1) is 0 Å². The summed E-state index contributed by atoms with van der Waals surface area (Å²) >= 11 is 5.87. The molecule has 0 bridgehead atoms. The minimum atomic E-state index is -0.267. The van der Waals surface area contributed by atoms with Crippen molar-refractivity contribution in [1.29, 1.82) is 0 Å². The summed E-state index contributed by atoms with van der Waals surface area (Å²) < 4.78 is 10.8. The Kier molecular flexibility index (Phi) is 5.55. The summed E-state index contributed by atoms with van der Waals surface area (Å²) in [6.45, 7) is 4.73. The van der Waals surface area contributed by atoms with Gasteiger partial charge in [0.25, 0.3) is 0 Å². The summed E-state index contributed by atoms with van der Waals surface area (Å²) in [4.78, 5) is 24.0. The predicted molar refractivity (Wildman–Crippen MR) is 94.4 cm³/mol.